The predicted octanol–water partition coefficient (Wildman–Crippen LogP) is 4.33. The second-order valence-electron chi connectivity index (χ2n) is 8.12. The van der Waals surface area contributed by atoms with Crippen LogP contribution in [0.5, 0.6) is 0 Å². The van der Waals surface area contributed by atoms with Crippen LogP contribution >= 0.6 is 0 Å². The number of sulfonamides is 1. The zero-order valence-electron chi connectivity index (χ0n) is 19.1. The number of rotatable bonds is 8. The van der Waals surface area contributed by atoms with E-state index in [0.29, 0.717) is 11.4 Å². The topological polar surface area (TPSA) is 104 Å². The van der Waals surface area contributed by atoms with E-state index < -0.39 is 22.0 Å². The molecule has 0 saturated heterocycles. The van der Waals surface area contributed by atoms with Gasteiger partial charge in [-0.15, -0.1) is 0 Å². The summed E-state index contributed by atoms with van der Waals surface area (Å²) in [7, 11) is -3.99. The number of hydrogen-bond donors (Lipinski definition) is 3. The highest BCUT2D eigenvalue weighted by atomic mass is 32.2. The van der Waals surface area contributed by atoms with Gasteiger partial charge in [0.05, 0.1) is 4.90 Å². The summed E-state index contributed by atoms with van der Waals surface area (Å²) in [6.07, 6.45) is 0.170. The molecule has 0 heterocycles. The molecule has 1 unspecified atom stereocenters. The molecule has 4 rings (SSSR count). The normalized spacial score (nSPS) is 12.1. The van der Waals surface area contributed by atoms with Gasteiger partial charge in [-0.05, 0) is 59.2 Å². The Morgan fingerprint density at radius 3 is 2.00 bits per heavy atom. The molecule has 2 amide bonds. The molecule has 35 heavy (non-hydrogen) atoms. The van der Waals surface area contributed by atoms with Crippen LogP contribution in [-0.4, -0.2) is 26.3 Å². The fraction of sp³-hybridized carbons (Fsp3) is 0.111. The lowest BCUT2D eigenvalue weighted by atomic mass is 10.1. The van der Waals surface area contributed by atoms with E-state index in [0.717, 1.165) is 16.3 Å². The first-order valence-electron chi connectivity index (χ1n) is 11.0. The summed E-state index contributed by atoms with van der Waals surface area (Å²) >= 11 is 0. The minimum atomic E-state index is -3.99. The van der Waals surface area contributed by atoms with Crippen molar-refractivity contribution in [1.29, 1.82) is 0 Å². The largest absolute Gasteiger partial charge is 0.326 e. The lowest BCUT2D eigenvalue weighted by Gasteiger charge is -2.19. The number of benzene rings is 4. The molecule has 0 saturated carbocycles. The van der Waals surface area contributed by atoms with Crippen LogP contribution < -0.4 is 15.4 Å². The second kappa shape index (κ2) is 10.5. The molecule has 0 aliphatic carbocycles. The fourth-order valence-corrected chi connectivity index (χ4v) is 4.93. The number of carbonyl (C=O) groups excluding carboxylic acids is 2. The predicted molar refractivity (Wildman–Crippen MR) is 138 cm³/mol. The molecule has 0 radical (unpaired) electrons. The van der Waals surface area contributed by atoms with Gasteiger partial charge in [-0.1, -0.05) is 60.7 Å². The molecule has 0 aliphatic heterocycles. The minimum Gasteiger partial charge on any atom is -0.326 e. The van der Waals surface area contributed by atoms with Crippen molar-refractivity contribution in [3.05, 3.63) is 103 Å². The van der Waals surface area contributed by atoms with Crippen LogP contribution in [0, 0.1) is 0 Å². The Hall–Kier alpha value is -4.01. The van der Waals surface area contributed by atoms with Gasteiger partial charge in [0, 0.05) is 18.3 Å². The van der Waals surface area contributed by atoms with Crippen molar-refractivity contribution in [2.75, 3.05) is 10.6 Å². The molecule has 4 aromatic rings. The van der Waals surface area contributed by atoms with Crippen LogP contribution in [0.4, 0.5) is 11.4 Å². The first-order valence-corrected chi connectivity index (χ1v) is 12.5. The maximum absolute atomic E-state index is 13.2. The quantitative estimate of drug-likeness (QED) is 0.344. The van der Waals surface area contributed by atoms with Crippen molar-refractivity contribution in [3.63, 3.8) is 0 Å². The van der Waals surface area contributed by atoms with Crippen LogP contribution in [0.3, 0.4) is 0 Å². The van der Waals surface area contributed by atoms with E-state index in [9.17, 15) is 18.0 Å². The molecule has 8 heteroatoms. The van der Waals surface area contributed by atoms with Crippen molar-refractivity contribution in [2.24, 2.45) is 0 Å². The first kappa shape index (κ1) is 24.1. The molecule has 0 aliphatic rings. The molecule has 4 aromatic carbocycles. The van der Waals surface area contributed by atoms with E-state index in [-0.39, 0.29) is 17.2 Å². The van der Waals surface area contributed by atoms with E-state index in [1.165, 1.54) is 13.0 Å². The molecule has 0 fully saturated rings. The summed E-state index contributed by atoms with van der Waals surface area (Å²) < 4.78 is 29.1. The number of amides is 2. The highest BCUT2D eigenvalue weighted by Crippen LogP contribution is 2.20. The Morgan fingerprint density at radius 2 is 1.34 bits per heavy atom. The molecule has 178 valence electrons. The zero-order valence-corrected chi connectivity index (χ0v) is 19.9. The molecule has 0 aromatic heterocycles. The van der Waals surface area contributed by atoms with Crippen LogP contribution in [0.15, 0.2) is 102 Å². The molecule has 7 nitrogen and oxygen atoms in total. The molecular formula is C27H25N3O4S. The summed E-state index contributed by atoms with van der Waals surface area (Å²) in [6.45, 7) is 1.41. The summed E-state index contributed by atoms with van der Waals surface area (Å²) in [5, 5.41) is 7.14. The van der Waals surface area contributed by atoms with Gasteiger partial charge in [0.25, 0.3) is 0 Å². The zero-order chi connectivity index (χ0) is 24.8. The van der Waals surface area contributed by atoms with E-state index in [1.54, 1.807) is 36.4 Å². The van der Waals surface area contributed by atoms with Gasteiger partial charge in [-0.2, -0.15) is 4.72 Å². The van der Waals surface area contributed by atoms with Crippen LogP contribution in [0.25, 0.3) is 10.8 Å². The van der Waals surface area contributed by atoms with Gasteiger partial charge in [0.2, 0.25) is 21.8 Å². The van der Waals surface area contributed by atoms with Crippen molar-refractivity contribution in [2.45, 2.75) is 24.3 Å². The highest BCUT2D eigenvalue weighted by molar-refractivity contribution is 7.89. The van der Waals surface area contributed by atoms with E-state index in [1.807, 2.05) is 54.6 Å². The van der Waals surface area contributed by atoms with Crippen LogP contribution in [-0.2, 0) is 26.0 Å². The fourth-order valence-electron chi connectivity index (χ4n) is 3.70. The standard InChI is InChI=1S/C27H25N3O4S/c1-19(31)28-23-12-14-24(15-13-23)29-27(32)26(17-20-7-3-2-4-8-20)30-35(33,34)25-16-11-21-9-5-6-10-22(21)18-25/h2-16,18,26,30H,17H2,1H3,(H,28,31)(H,29,32). The summed E-state index contributed by atoms with van der Waals surface area (Å²) in [5.74, 6) is -0.696. The second-order valence-corrected chi connectivity index (χ2v) is 9.83. The SMILES string of the molecule is CC(=O)Nc1ccc(NC(=O)C(Cc2ccccc2)NS(=O)(=O)c2ccc3ccccc3c2)cc1. The maximum Gasteiger partial charge on any atom is 0.242 e. The van der Waals surface area contributed by atoms with E-state index in [4.69, 9.17) is 0 Å². The monoisotopic (exact) mass is 487 g/mol. The Bertz CT molecular complexity index is 1450. The number of anilines is 2. The van der Waals surface area contributed by atoms with Crippen molar-refractivity contribution >= 4 is 44.0 Å². The number of carbonyl (C=O) groups is 2. The Morgan fingerprint density at radius 1 is 0.743 bits per heavy atom. The molecule has 1 atom stereocenters. The van der Waals surface area contributed by atoms with Gasteiger partial charge >= 0.3 is 0 Å². The molecular weight excluding hydrogens is 462 g/mol. The Kier molecular flexibility index (Phi) is 7.24. The van der Waals surface area contributed by atoms with Crippen molar-refractivity contribution < 1.29 is 18.0 Å². The third-order valence-electron chi connectivity index (χ3n) is 5.40. The summed E-state index contributed by atoms with van der Waals surface area (Å²) in [4.78, 5) is 24.5. The van der Waals surface area contributed by atoms with Crippen molar-refractivity contribution in [1.82, 2.24) is 4.72 Å². The third kappa shape index (κ3) is 6.32. The maximum atomic E-state index is 13.2. The molecule has 3 N–H and O–H groups in total. The average molecular weight is 488 g/mol. The van der Waals surface area contributed by atoms with Gasteiger partial charge < -0.3 is 10.6 Å². The smallest absolute Gasteiger partial charge is 0.242 e. The van der Waals surface area contributed by atoms with Crippen LogP contribution in [0.1, 0.15) is 12.5 Å². The Balaban J connectivity index is 1.57. The van der Waals surface area contributed by atoms with Crippen molar-refractivity contribution in [3.8, 4) is 0 Å². The highest BCUT2D eigenvalue weighted by Gasteiger charge is 2.26. The number of hydrogen-bond acceptors (Lipinski definition) is 4. The van der Waals surface area contributed by atoms with Gasteiger partial charge in [-0.3, -0.25) is 9.59 Å². The lowest BCUT2D eigenvalue weighted by molar-refractivity contribution is -0.117. The molecule has 0 spiro atoms. The number of fused-ring (bicyclic) bond motifs is 1. The minimum absolute atomic E-state index is 0.0849. The van der Waals surface area contributed by atoms with Gasteiger partial charge in [0.1, 0.15) is 6.04 Å². The summed E-state index contributed by atoms with van der Waals surface area (Å²) in [6, 6.07) is 27.1. The lowest BCUT2D eigenvalue weighted by Crippen LogP contribution is -2.45. The third-order valence-corrected chi connectivity index (χ3v) is 6.87. The summed E-state index contributed by atoms with van der Waals surface area (Å²) in [5.41, 5.74) is 1.88. The van der Waals surface area contributed by atoms with Crippen LogP contribution in [0.2, 0.25) is 0 Å². The number of nitrogens with one attached hydrogen (secondary N) is 3. The first-order chi connectivity index (χ1) is 16.8. The van der Waals surface area contributed by atoms with Gasteiger partial charge in [0.15, 0.2) is 0 Å². The van der Waals surface area contributed by atoms with E-state index in [2.05, 4.69) is 15.4 Å². The Labute approximate surface area is 204 Å². The average Bonchev–Trinajstić information content (AvgIpc) is 2.84. The van der Waals surface area contributed by atoms with Gasteiger partial charge in [-0.25, -0.2) is 8.42 Å². The van der Waals surface area contributed by atoms with E-state index >= 15 is 0 Å². The molecule has 0 bridgehead atoms.